The van der Waals surface area contributed by atoms with Gasteiger partial charge < -0.3 is 20.1 Å². The first-order chi connectivity index (χ1) is 19.0. The molecule has 3 rings (SSSR count). The van der Waals surface area contributed by atoms with Crippen LogP contribution in [-0.2, 0) is 40.3 Å². The van der Waals surface area contributed by atoms with Gasteiger partial charge in [0.2, 0.25) is 5.43 Å². The first-order valence-corrected chi connectivity index (χ1v) is 13.3. The van der Waals surface area contributed by atoms with Crippen molar-refractivity contribution in [2.24, 2.45) is 0 Å². The zero-order valence-electron chi connectivity index (χ0n) is 22.6. The third-order valence-corrected chi connectivity index (χ3v) is 6.70. The maximum absolute atomic E-state index is 11.9. The van der Waals surface area contributed by atoms with Crippen LogP contribution < -0.4 is 15.6 Å². The van der Waals surface area contributed by atoms with E-state index in [1.807, 2.05) is 12.1 Å². The van der Waals surface area contributed by atoms with E-state index in [1.54, 1.807) is 21.6 Å². The van der Waals surface area contributed by atoms with Crippen molar-refractivity contribution in [3.8, 4) is 5.75 Å². The maximum atomic E-state index is 11.9. The van der Waals surface area contributed by atoms with Gasteiger partial charge in [0.25, 0.3) is 5.43 Å². The molecule has 1 aromatic carbocycles. The Morgan fingerprint density at radius 1 is 0.775 bits per heavy atom. The highest BCUT2D eigenvalue weighted by atomic mass is 16.5. The molecule has 218 valence electrons. The molecule has 1 aliphatic rings. The summed E-state index contributed by atoms with van der Waals surface area (Å²) >= 11 is 0. The number of aromatic nitrogens is 1. The van der Waals surface area contributed by atoms with Gasteiger partial charge in [-0.15, -0.1) is 0 Å². The summed E-state index contributed by atoms with van der Waals surface area (Å²) in [7, 11) is 0. The van der Waals surface area contributed by atoms with E-state index in [0.29, 0.717) is 69.0 Å². The molecule has 3 N–H and O–H groups in total. The maximum Gasteiger partial charge on any atom is 0.317 e. The largest absolute Gasteiger partial charge is 0.489 e. The molecule has 40 heavy (non-hydrogen) atoms. The highest BCUT2D eigenvalue weighted by Gasteiger charge is 2.22. The molecular formula is C27H36N4O9. The number of pyridine rings is 1. The zero-order chi connectivity index (χ0) is 29.2. The van der Waals surface area contributed by atoms with Crippen molar-refractivity contribution in [1.82, 2.24) is 19.7 Å². The van der Waals surface area contributed by atoms with Crippen LogP contribution in [0.15, 0.2) is 21.7 Å². The van der Waals surface area contributed by atoms with E-state index in [4.69, 9.17) is 9.72 Å². The van der Waals surface area contributed by atoms with Gasteiger partial charge in [-0.05, 0) is 50.3 Å². The van der Waals surface area contributed by atoms with E-state index in [9.17, 15) is 39.3 Å². The van der Waals surface area contributed by atoms with Gasteiger partial charge >= 0.3 is 17.9 Å². The lowest BCUT2D eigenvalue weighted by Gasteiger charge is -2.29. The van der Waals surface area contributed by atoms with Crippen LogP contribution in [0.3, 0.4) is 0 Å². The number of aryl methyl sites for hydroxylation is 1. The molecular weight excluding hydrogens is 524 g/mol. The number of ether oxygens (including phenoxy) is 1. The van der Waals surface area contributed by atoms with Crippen LogP contribution in [-0.4, -0.2) is 105 Å². The highest BCUT2D eigenvalue weighted by molar-refractivity contribution is 5.70. The first kappa shape index (κ1) is 30.9. The number of carboxylic acids is 3. The number of aliphatic carboxylic acids is 3. The van der Waals surface area contributed by atoms with Gasteiger partial charge in [0.15, 0.2) is 5.75 Å². The normalized spacial score (nSPS) is 15.8. The molecule has 0 radical (unpaired) electrons. The van der Waals surface area contributed by atoms with E-state index in [0.717, 1.165) is 12.0 Å². The Hall–Kier alpha value is -3.68. The summed E-state index contributed by atoms with van der Waals surface area (Å²) < 4.78 is 5.29. The third-order valence-electron chi connectivity index (χ3n) is 6.70. The lowest BCUT2D eigenvalue weighted by Crippen LogP contribution is -2.44. The number of hydrogen-bond donors (Lipinski definition) is 3. The fourth-order valence-electron chi connectivity index (χ4n) is 4.89. The minimum absolute atomic E-state index is 0.168. The number of unbranched alkanes of at least 4 members (excludes halogenated alkanes) is 1. The fourth-order valence-corrected chi connectivity index (χ4v) is 4.89. The Morgan fingerprint density at radius 2 is 1.25 bits per heavy atom. The SMILES string of the molecule is CCOc1c(CCCCc2cc3nc(c2)CN(CC(=O)O)CCN(CC(=O)O)CCN(CC(=O)O)C3)c(=O)c1=O. The second-order valence-corrected chi connectivity index (χ2v) is 9.94. The molecule has 2 heterocycles. The molecule has 2 bridgehead atoms. The summed E-state index contributed by atoms with van der Waals surface area (Å²) in [4.78, 5) is 67.8. The van der Waals surface area contributed by atoms with Crippen molar-refractivity contribution < 1.29 is 34.4 Å². The van der Waals surface area contributed by atoms with Crippen LogP contribution in [0.5, 0.6) is 5.75 Å². The number of fused-ring (bicyclic) bond motifs is 2. The Kier molecular flexibility index (Phi) is 11.3. The second-order valence-electron chi connectivity index (χ2n) is 9.94. The van der Waals surface area contributed by atoms with Gasteiger partial charge in [0, 0.05) is 44.8 Å². The Bertz CT molecular complexity index is 1220. The smallest absolute Gasteiger partial charge is 0.317 e. The molecule has 0 aliphatic carbocycles. The van der Waals surface area contributed by atoms with Crippen molar-refractivity contribution in [3.05, 3.63) is 55.1 Å². The summed E-state index contributed by atoms with van der Waals surface area (Å²) in [6, 6.07) is 3.78. The van der Waals surface area contributed by atoms with Gasteiger partial charge in [0.1, 0.15) is 0 Å². The predicted molar refractivity (Wildman–Crippen MR) is 143 cm³/mol. The Labute approximate surface area is 231 Å². The molecule has 2 aromatic rings. The Balaban J connectivity index is 1.78. The van der Waals surface area contributed by atoms with Crippen molar-refractivity contribution in [1.29, 1.82) is 0 Å². The van der Waals surface area contributed by atoms with Crippen LogP contribution in [0.2, 0.25) is 0 Å². The van der Waals surface area contributed by atoms with Crippen LogP contribution in [0.4, 0.5) is 0 Å². The van der Waals surface area contributed by atoms with Gasteiger partial charge in [-0.1, -0.05) is 0 Å². The molecule has 1 aromatic heterocycles. The molecule has 0 saturated carbocycles. The van der Waals surface area contributed by atoms with E-state index in [-0.39, 0.29) is 38.5 Å². The molecule has 1 aliphatic heterocycles. The van der Waals surface area contributed by atoms with Crippen LogP contribution in [0, 0.1) is 0 Å². The monoisotopic (exact) mass is 560 g/mol. The molecule has 0 unspecified atom stereocenters. The Morgan fingerprint density at radius 3 is 1.75 bits per heavy atom. The lowest BCUT2D eigenvalue weighted by atomic mass is 9.99. The van der Waals surface area contributed by atoms with Gasteiger partial charge in [0.05, 0.1) is 37.6 Å². The van der Waals surface area contributed by atoms with Crippen LogP contribution >= 0.6 is 0 Å². The number of carboxylic acid groups (broad SMARTS) is 3. The summed E-state index contributed by atoms with van der Waals surface area (Å²) in [5.41, 5.74) is 1.59. The van der Waals surface area contributed by atoms with E-state index in [2.05, 4.69) is 0 Å². The van der Waals surface area contributed by atoms with Gasteiger partial charge in [-0.3, -0.25) is 43.7 Å². The predicted octanol–water partition coefficient (Wildman–Crippen LogP) is -0.185. The topological polar surface area (TPSA) is 178 Å². The molecule has 13 heteroatoms. The summed E-state index contributed by atoms with van der Waals surface area (Å²) in [6.07, 6.45) is 2.46. The first-order valence-electron chi connectivity index (χ1n) is 13.3. The second kappa shape index (κ2) is 14.6. The molecule has 0 atom stereocenters. The summed E-state index contributed by atoms with van der Waals surface area (Å²) in [5, 5.41) is 28.2. The average Bonchev–Trinajstić information content (AvgIpc) is 2.87. The third kappa shape index (κ3) is 9.21. The van der Waals surface area contributed by atoms with Crippen molar-refractivity contribution in [2.75, 3.05) is 52.4 Å². The van der Waals surface area contributed by atoms with Gasteiger partial charge in [-0.25, -0.2) is 0 Å². The summed E-state index contributed by atoms with van der Waals surface area (Å²) in [5.74, 6) is -2.87. The van der Waals surface area contributed by atoms with E-state index >= 15 is 0 Å². The molecule has 0 spiro atoms. The number of rotatable bonds is 13. The fraction of sp³-hybridized carbons (Fsp3) is 0.556. The molecule has 13 nitrogen and oxygen atoms in total. The number of nitrogens with zero attached hydrogens (tertiary/aromatic N) is 4. The standard InChI is InChI=1S/C27H36N4O9/c1-2-40-27-21(25(38)26(27)39)6-4-3-5-18-11-19-13-30(16-23(34)35)9-7-29(15-22(32)33)8-10-31(17-24(36)37)14-20(12-18)28-19/h11-12H,2-10,13-17H2,1H3,(H,32,33)(H,34,35)(H,36,37). The van der Waals surface area contributed by atoms with Crippen molar-refractivity contribution in [3.63, 3.8) is 0 Å². The number of hydrogen-bond acceptors (Lipinski definition) is 10. The van der Waals surface area contributed by atoms with Crippen LogP contribution in [0.25, 0.3) is 0 Å². The van der Waals surface area contributed by atoms with Crippen LogP contribution in [0.1, 0.15) is 42.3 Å². The molecule has 0 fully saturated rings. The molecule has 0 saturated heterocycles. The van der Waals surface area contributed by atoms with E-state index < -0.39 is 28.8 Å². The lowest BCUT2D eigenvalue weighted by molar-refractivity contribution is -0.140. The average molecular weight is 561 g/mol. The minimum atomic E-state index is -1.02. The van der Waals surface area contributed by atoms with Crippen molar-refractivity contribution in [2.45, 2.75) is 45.7 Å². The molecule has 0 amide bonds. The van der Waals surface area contributed by atoms with Crippen molar-refractivity contribution >= 4 is 17.9 Å². The quantitative estimate of drug-likeness (QED) is 0.217. The highest BCUT2D eigenvalue weighted by Crippen LogP contribution is 2.18. The number of carbonyl (C=O) groups is 3. The zero-order valence-corrected chi connectivity index (χ0v) is 22.6. The van der Waals surface area contributed by atoms with Gasteiger partial charge in [-0.2, -0.15) is 0 Å². The summed E-state index contributed by atoms with van der Waals surface area (Å²) in [6.45, 7) is 3.00. The van der Waals surface area contributed by atoms with E-state index in [1.165, 1.54) is 0 Å². The minimum Gasteiger partial charge on any atom is -0.489 e.